The van der Waals surface area contributed by atoms with Crippen molar-refractivity contribution in [3.05, 3.63) is 72.1 Å². The molecule has 2 heterocycles. The van der Waals surface area contributed by atoms with Crippen LogP contribution in [0.5, 0.6) is 0 Å². The number of nitrogens with zero attached hydrogens (tertiary/aromatic N) is 4. The smallest absolute Gasteiger partial charge is 0.246 e. The third-order valence-electron chi connectivity index (χ3n) is 5.32. The van der Waals surface area contributed by atoms with Crippen LogP contribution < -0.4 is 4.90 Å². The minimum Gasteiger partial charge on any atom is -0.372 e. The molecule has 5 heteroatoms. The molecule has 1 aliphatic heterocycles. The number of carbonyl (C=O) groups is 1. The number of fused-ring (bicyclic) bond motifs is 1. The van der Waals surface area contributed by atoms with Gasteiger partial charge in [-0.1, -0.05) is 24.3 Å². The van der Waals surface area contributed by atoms with Gasteiger partial charge in [-0.15, -0.1) is 0 Å². The molecule has 0 aliphatic carbocycles. The molecule has 148 valence electrons. The summed E-state index contributed by atoms with van der Waals surface area (Å²) in [5.41, 5.74) is 4.75. The number of hydrogen-bond acceptors (Lipinski definition) is 4. The molecule has 1 aliphatic rings. The maximum Gasteiger partial charge on any atom is 0.246 e. The summed E-state index contributed by atoms with van der Waals surface area (Å²) < 4.78 is 0. The first-order chi connectivity index (χ1) is 14.2. The van der Waals surface area contributed by atoms with Gasteiger partial charge in [-0.25, -0.2) is 4.98 Å². The summed E-state index contributed by atoms with van der Waals surface area (Å²) in [5, 5.41) is 0. The zero-order chi connectivity index (χ0) is 20.1. The largest absolute Gasteiger partial charge is 0.372 e. The van der Waals surface area contributed by atoms with E-state index >= 15 is 0 Å². The van der Waals surface area contributed by atoms with Crippen LogP contribution in [0.15, 0.2) is 60.8 Å². The summed E-state index contributed by atoms with van der Waals surface area (Å²) >= 11 is 0. The maximum absolute atomic E-state index is 12.5. The van der Waals surface area contributed by atoms with Crippen molar-refractivity contribution in [1.82, 2.24) is 14.9 Å². The Bertz CT molecular complexity index is 1010. The fourth-order valence-corrected chi connectivity index (χ4v) is 3.65. The van der Waals surface area contributed by atoms with Crippen LogP contribution in [0, 0.1) is 0 Å². The quantitative estimate of drug-likeness (QED) is 0.614. The van der Waals surface area contributed by atoms with Crippen LogP contribution in [0.4, 0.5) is 5.69 Å². The van der Waals surface area contributed by atoms with Gasteiger partial charge < -0.3 is 9.80 Å². The van der Waals surface area contributed by atoms with Gasteiger partial charge in [-0.05, 0) is 55.2 Å². The normalized spacial score (nSPS) is 14.4. The first kappa shape index (κ1) is 19.1. The molecular formula is C24H26N4O. The van der Waals surface area contributed by atoms with Crippen molar-refractivity contribution in [2.75, 3.05) is 25.0 Å². The summed E-state index contributed by atoms with van der Waals surface area (Å²) in [6.07, 6.45) is 8.84. The van der Waals surface area contributed by atoms with E-state index in [4.69, 9.17) is 0 Å². The Labute approximate surface area is 171 Å². The van der Waals surface area contributed by atoms with Crippen molar-refractivity contribution in [2.24, 2.45) is 0 Å². The van der Waals surface area contributed by atoms with Crippen molar-refractivity contribution >= 4 is 28.7 Å². The van der Waals surface area contributed by atoms with E-state index in [0.29, 0.717) is 12.2 Å². The monoisotopic (exact) mass is 386 g/mol. The second kappa shape index (κ2) is 8.86. The topological polar surface area (TPSA) is 49.3 Å². The van der Waals surface area contributed by atoms with E-state index in [2.05, 4.69) is 39.1 Å². The molecule has 1 fully saturated rings. The molecule has 2 aromatic carbocycles. The molecule has 1 saturated heterocycles. The summed E-state index contributed by atoms with van der Waals surface area (Å²) in [7, 11) is 1.82. The minimum atomic E-state index is -0.0555. The Balaban J connectivity index is 1.36. The van der Waals surface area contributed by atoms with E-state index in [1.165, 1.54) is 24.9 Å². The molecule has 0 radical (unpaired) electrons. The van der Waals surface area contributed by atoms with Gasteiger partial charge in [-0.2, -0.15) is 0 Å². The van der Waals surface area contributed by atoms with Crippen molar-refractivity contribution < 1.29 is 4.79 Å². The van der Waals surface area contributed by atoms with Crippen LogP contribution in [0.3, 0.4) is 0 Å². The molecule has 5 nitrogen and oxygen atoms in total. The van der Waals surface area contributed by atoms with Gasteiger partial charge in [0.25, 0.3) is 0 Å². The molecule has 0 spiro atoms. The second-order valence-electron chi connectivity index (χ2n) is 7.53. The lowest BCUT2D eigenvalue weighted by molar-refractivity contribution is -0.125. The van der Waals surface area contributed by atoms with E-state index in [1.807, 2.05) is 31.3 Å². The van der Waals surface area contributed by atoms with E-state index < -0.39 is 0 Å². The Kier molecular flexibility index (Phi) is 5.84. The average Bonchev–Trinajstić information content (AvgIpc) is 2.78. The van der Waals surface area contributed by atoms with Gasteiger partial charge >= 0.3 is 0 Å². The summed E-state index contributed by atoms with van der Waals surface area (Å²) in [6, 6.07) is 16.3. The fraction of sp³-hybridized carbons (Fsp3) is 0.292. The van der Waals surface area contributed by atoms with Crippen molar-refractivity contribution in [1.29, 1.82) is 0 Å². The fourth-order valence-electron chi connectivity index (χ4n) is 3.65. The number of benzene rings is 2. The molecule has 0 atom stereocenters. The van der Waals surface area contributed by atoms with Crippen LogP contribution in [-0.4, -0.2) is 40.9 Å². The number of hydrogen-bond donors (Lipinski definition) is 0. The van der Waals surface area contributed by atoms with Gasteiger partial charge in [-0.3, -0.25) is 9.78 Å². The first-order valence-corrected chi connectivity index (χ1v) is 10.2. The predicted octanol–water partition coefficient (Wildman–Crippen LogP) is 4.29. The van der Waals surface area contributed by atoms with Crippen LogP contribution in [0.25, 0.3) is 17.1 Å². The molecule has 0 bridgehead atoms. The number of piperidine rings is 1. The SMILES string of the molecule is CN(Cc1ccc(N2CCCCC2)cc1)C(=O)/C=C/c1cnc2ccccc2n1. The summed E-state index contributed by atoms with van der Waals surface area (Å²) in [6.45, 7) is 2.85. The number of para-hydroxylation sites is 2. The minimum absolute atomic E-state index is 0.0555. The third-order valence-corrected chi connectivity index (χ3v) is 5.32. The van der Waals surface area contributed by atoms with Crippen molar-refractivity contribution in [2.45, 2.75) is 25.8 Å². The van der Waals surface area contributed by atoms with E-state index in [1.54, 1.807) is 23.2 Å². The first-order valence-electron chi connectivity index (χ1n) is 10.2. The molecule has 1 amide bonds. The highest BCUT2D eigenvalue weighted by molar-refractivity contribution is 5.91. The molecule has 29 heavy (non-hydrogen) atoms. The highest BCUT2D eigenvalue weighted by atomic mass is 16.2. The Hall–Kier alpha value is -3.21. The van der Waals surface area contributed by atoms with Crippen molar-refractivity contribution in [3.63, 3.8) is 0 Å². The number of aromatic nitrogens is 2. The van der Waals surface area contributed by atoms with Gasteiger partial charge in [0.05, 0.1) is 22.9 Å². The van der Waals surface area contributed by atoms with Crippen LogP contribution in [0.1, 0.15) is 30.5 Å². The third kappa shape index (κ3) is 4.80. The molecule has 4 rings (SSSR count). The number of anilines is 1. The molecule has 3 aromatic rings. The number of amides is 1. The Morgan fingerprint density at radius 1 is 1.03 bits per heavy atom. The lowest BCUT2D eigenvalue weighted by Crippen LogP contribution is -2.29. The lowest BCUT2D eigenvalue weighted by Gasteiger charge is -2.29. The Morgan fingerprint density at radius 3 is 2.52 bits per heavy atom. The van der Waals surface area contributed by atoms with Gasteiger partial charge in [0.1, 0.15) is 0 Å². The second-order valence-corrected chi connectivity index (χ2v) is 7.53. The zero-order valence-corrected chi connectivity index (χ0v) is 16.8. The zero-order valence-electron chi connectivity index (χ0n) is 16.8. The predicted molar refractivity (Wildman–Crippen MR) is 118 cm³/mol. The average molecular weight is 386 g/mol. The van der Waals surface area contributed by atoms with Gasteiger partial charge in [0, 0.05) is 38.4 Å². The Morgan fingerprint density at radius 2 is 1.76 bits per heavy atom. The molecule has 0 N–H and O–H groups in total. The van der Waals surface area contributed by atoms with Gasteiger partial charge in [0.15, 0.2) is 0 Å². The highest BCUT2D eigenvalue weighted by Crippen LogP contribution is 2.20. The molecule has 0 unspecified atom stereocenters. The molecule has 1 aromatic heterocycles. The van der Waals surface area contributed by atoms with E-state index in [-0.39, 0.29) is 5.91 Å². The van der Waals surface area contributed by atoms with E-state index in [9.17, 15) is 4.79 Å². The summed E-state index contributed by atoms with van der Waals surface area (Å²) in [5.74, 6) is -0.0555. The van der Waals surface area contributed by atoms with Crippen molar-refractivity contribution in [3.8, 4) is 0 Å². The number of carbonyl (C=O) groups excluding carboxylic acids is 1. The number of likely N-dealkylation sites (N-methyl/N-ethyl adjacent to an activating group) is 1. The van der Waals surface area contributed by atoms with Crippen LogP contribution >= 0.6 is 0 Å². The van der Waals surface area contributed by atoms with Gasteiger partial charge in [0.2, 0.25) is 5.91 Å². The summed E-state index contributed by atoms with van der Waals surface area (Å²) in [4.78, 5) is 25.5. The standard InChI is InChI=1S/C24H26N4O/c1-27(18-19-9-12-21(13-10-19)28-15-5-2-6-16-28)24(29)14-11-20-17-25-22-7-3-4-8-23(22)26-20/h3-4,7-14,17H,2,5-6,15-16,18H2,1H3/b14-11+. The lowest BCUT2D eigenvalue weighted by atomic mass is 10.1. The number of rotatable bonds is 5. The van der Waals surface area contributed by atoms with Crippen LogP contribution in [-0.2, 0) is 11.3 Å². The highest BCUT2D eigenvalue weighted by Gasteiger charge is 2.11. The maximum atomic E-state index is 12.5. The molecule has 0 saturated carbocycles. The van der Waals surface area contributed by atoms with E-state index in [0.717, 1.165) is 29.7 Å². The molecular weight excluding hydrogens is 360 g/mol. The van der Waals surface area contributed by atoms with Crippen LogP contribution in [0.2, 0.25) is 0 Å².